The van der Waals surface area contributed by atoms with Gasteiger partial charge in [0, 0.05) is 34.0 Å². The number of benzene rings is 2. The molecule has 0 bridgehead atoms. The third-order valence-corrected chi connectivity index (χ3v) is 7.56. The number of nitriles is 1. The molecular formula is C27H26F2N4O2. The molecule has 8 heteroatoms. The third kappa shape index (κ3) is 3.49. The van der Waals surface area contributed by atoms with Gasteiger partial charge in [0.05, 0.1) is 23.2 Å². The molecule has 35 heavy (non-hydrogen) atoms. The molecule has 0 aliphatic heterocycles. The maximum atomic E-state index is 16.2. The molecule has 2 atom stereocenters. The fraction of sp³-hybridized carbons (Fsp3) is 0.370. The van der Waals surface area contributed by atoms with E-state index in [4.69, 9.17) is 0 Å². The summed E-state index contributed by atoms with van der Waals surface area (Å²) < 4.78 is 31.9. The Labute approximate surface area is 201 Å². The van der Waals surface area contributed by atoms with E-state index in [9.17, 15) is 19.6 Å². The molecule has 0 spiro atoms. The topological polar surface area (TPSA) is 94.7 Å². The highest BCUT2D eigenvalue weighted by atomic mass is 19.1. The normalized spacial score (nSPS) is 20.5. The molecule has 0 unspecified atom stereocenters. The minimum Gasteiger partial charge on any atom is -0.481 e. The second-order valence-electron chi connectivity index (χ2n) is 10.5. The maximum absolute atomic E-state index is 16.2. The van der Waals surface area contributed by atoms with Crippen LogP contribution in [-0.4, -0.2) is 25.8 Å². The SMILES string of the molecule is CC(C)(CC#N)c1c([C@@H]2CC[C@@](C)(C(=O)O)C2)c2c(F)c3[nH]ncc3cc2n1-c1ccc(F)cc1. The van der Waals surface area contributed by atoms with E-state index in [1.807, 2.05) is 24.5 Å². The Morgan fingerprint density at radius 3 is 2.69 bits per heavy atom. The Kier molecular flexibility index (Phi) is 5.20. The summed E-state index contributed by atoms with van der Waals surface area (Å²) in [6.45, 7) is 5.60. The van der Waals surface area contributed by atoms with E-state index in [2.05, 4.69) is 16.3 Å². The summed E-state index contributed by atoms with van der Waals surface area (Å²) in [5.74, 6) is -1.93. The fourth-order valence-electron chi connectivity index (χ4n) is 5.72. The van der Waals surface area contributed by atoms with Crippen molar-refractivity contribution in [3.8, 4) is 11.8 Å². The van der Waals surface area contributed by atoms with Crippen molar-refractivity contribution in [3.05, 3.63) is 59.4 Å². The molecule has 5 rings (SSSR count). The molecule has 0 saturated heterocycles. The third-order valence-electron chi connectivity index (χ3n) is 7.56. The van der Waals surface area contributed by atoms with Crippen LogP contribution < -0.4 is 0 Å². The predicted octanol–water partition coefficient (Wildman–Crippen LogP) is 6.33. The van der Waals surface area contributed by atoms with E-state index in [-0.39, 0.29) is 23.7 Å². The molecule has 2 aromatic heterocycles. The molecule has 1 aliphatic rings. The van der Waals surface area contributed by atoms with Gasteiger partial charge in [-0.05, 0) is 68.0 Å². The van der Waals surface area contributed by atoms with Gasteiger partial charge in [-0.2, -0.15) is 10.4 Å². The van der Waals surface area contributed by atoms with Crippen molar-refractivity contribution >= 4 is 27.8 Å². The molecule has 6 nitrogen and oxygen atoms in total. The molecule has 2 aromatic carbocycles. The average Bonchev–Trinajstić information content (AvgIpc) is 3.51. The van der Waals surface area contributed by atoms with Crippen molar-refractivity contribution in [2.24, 2.45) is 5.41 Å². The molecule has 4 aromatic rings. The second kappa shape index (κ2) is 7.91. The summed E-state index contributed by atoms with van der Waals surface area (Å²) in [6, 6.07) is 10.1. The molecule has 1 aliphatic carbocycles. The van der Waals surface area contributed by atoms with Crippen LogP contribution in [0.3, 0.4) is 0 Å². The van der Waals surface area contributed by atoms with Gasteiger partial charge < -0.3 is 9.67 Å². The summed E-state index contributed by atoms with van der Waals surface area (Å²) in [7, 11) is 0. The lowest BCUT2D eigenvalue weighted by molar-refractivity contribution is -0.147. The monoisotopic (exact) mass is 476 g/mol. The van der Waals surface area contributed by atoms with E-state index in [0.29, 0.717) is 41.2 Å². The number of hydrogen-bond acceptors (Lipinski definition) is 3. The Bertz CT molecular complexity index is 1510. The van der Waals surface area contributed by atoms with Crippen LogP contribution >= 0.6 is 0 Å². The lowest BCUT2D eigenvalue weighted by atomic mass is 9.78. The zero-order valence-corrected chi connectivity index (χ0v) is 19.8. The largest absolute Gasteiger partial charge is 0.481 e. The van der Waals surface area contributed by atoms with Gasteiger partial charge in [-0.1, -0.05) is 13.8 Å². The summed E-state index contributed by atoms with van der Waals surface area (Å²) in [5, 5.41) is 27.3. The summed E-state index contributed by atoms with van der Waals surface area (Å²) in [4.78, 5) is 12.0. The molecule has 0 radical (unpaired) electrons. The van der Waals surface area contributed by atoms with Gasteiger partial charge in [-0.25, -0.2) is 8.78 Å². The number of halogens is 2. The van der Waals surface area contributed by atoms with E-state index in [0.717, 1.165) is 11.3 Å². The Balaban J connectivity index is 1.92. The van der Waals surface area contributed by atoms with Gasteiger partial charge in [0.25, 0.3) is 0 Å². The first-order valence-corrected chi connectivity index (χ1v) is 11.6. The minimum atomic E-state index is -0.916. The highest BCUT2D eigenvalue weighted by Gasteiger charge is 2.45. The van der Waals surface area contributed by atoms with Gasteiger partial charge in [0.15, 0.2) is 5.82 Å². The number of rotatable bonds is 5. The van der Waals surface area contributed by atoms with Crippen LogP contribution in [0.4, 0.5) is 8.78 Å². The first-order chi connectivity index (χ1) is 16.6. The van der Waals surface area contributed by atoms with Crippen molar-refractivity contribution in [2.75, 3.05) is 0 Å². The van der Waals surface area contributed by atoms with Crippen LogP contribution in [0.2, 0.25) is 0 Å². The number of aliphatic carboxylic acids is 1. The minimum absolute atomic E-state index is 0.168. The molecule has 1 fully saturated rings. The number of fused-ring (bicyclic) bond motifs is 2. The van der Waals surface area contributed by atoms with E-state index in [1.165, 1.54) is 12.1 Å². The second-order valence-corrected chi connectivity index (χ2v) is 10.5. The van der Waals surface area contributed by atoms with Crippen molar-refractivity contribution < 1.29 is 18.7 Å². The van der Waals surface area contributed by atoms with E-state index in [1.54, 1.807) is 25.3 Å². The lowest BCUT2D eigenvalue weighted by Crippen LogP contribution is -2.25. The quantitative estimate of drug-likeness (QED) is 0.352. The van der Waals surface area contributed by atoms with Crippen LogP contribution in [0.5, 0.6) is 0 Å². The molecular weight excluding hydrogens is 450 g/mol. The zero-order valence-electron chi connectivity index (χ0n) is 19.8. The van der Waals surface area contributed by atoms with Crippen LogP contribution in [0.25, 0.3) is 27.5 Å². The predicted molar refractivity (Wildman–Crippen MR) is 128 cm³/mol. The maximum Gasteiger partial charge on any atom is 0.309 e. The lowest BCUT2D eigenvalue weighted by Gasteiger charge is -2.28. The Hall–Kier alpha value is -3.73. The van der Waals surface area contributed by atoms with Crippen LogP contribution in [0.15, 0.2) is 36.5 Å². The smallest absolute Gasteiger partial charge is 0.309 e. The molecule has 1 saturated carbocycles. The summed E-state index contributed by atoms with van der Waals surface area (Å²) in [5.41, 5.74) is 1.37. The summed E-state index contributed by atoms with van der Waals surface area (Å²) >= 11 is 0. The number of H-pyrrole nitrogens is 1. The fourth-order valence-corrected chi connectivity index (χ4v) is 5.72. The van der Waals surface area contributed by atoms with Crippen LogP contribution in [0.1, 0.15) is 63.6 Å². The van der Waals surface area contributed by atoms with Gasteiger partial charge in [0.1, 0.15) is 11.3 Å². The van der Waals surface area contributed by atoms with Crippen molar-refractivity contribution in [1.29, 1.82) is 5.26 Å². The van der Waals surface area contributed by atoms with Crippen LogP contribution in [0, 0.1) is 28.4 Å². The number of aromatic amines is 1. The van der Waals surface area contributed by atoms with Gasteiger partial charge >= 0.3 is 5.97 Å². The van der Waals surface area contributed by atoms with Crippen molar-refractivity contribution in [3.63, 3.8) is 0 Å². The first kappa shape index (κ1) is 23.0. The number of carboxylic acid groups (broad SMARTS) is 1. The first-order valence-electron chi connectivity index (χ1n) is 11.6. The molecule has 2 heterocycles. The highest BCUT2D eigenvalue weighted by molar-refractivity contribution is 6.00. The average molecular weight is 477 g/mol. The Morgan fingerprint density at radius 1 is 1.34 bits per heavy atom. The number of hydrogen-bond donors (Lipinski definition) is 2. The molecule has 0 amide bonds. The summed E-state index contributed by atoms with van der Waals surface area (Å²) in [6.07, 6.45) is 3.14. The highest BCUT2D eigenvalue weighted by Crippen LogP contribution is 2.53. The number of nitrogens with one attached hydrogen (secondary N) is 1. The molecule has 180 valence electrons. The number of carboxylic acids is 1. The number of nitrogens with zero attached hydrogens (tertiary/aromatic N) is 3. The number of carbonyl (C=O) groups is 1. The number of aromatic nitrogens is 3. The van der Waals surface area contributed by atoms with Crippen molar-refractivity contribution in [1.82, 2.24) is 14.8 Å². The van der Waals surface area contributed by atoms with Gasteiger partial charge in [0.2, 0.25) is 0 Å². The van der Waals surface area contributed by atoms with Gasteiger partial charge in [-0.3, -0.25) is 9.89 Å². The van der Waals surface area contributed by atoms with Crippen molar-refractivity contribution in [2.45, 2.75) is 57.8 Å². The zero-order chi connectivity index (χ0) is 25.1. The molecule has 2 N–H and O–H groups in total. The Morgan fingerprint density at radius 2 is 2.06 bits per heavy atom. The van der Waals surface area contributed by atoms with E-state index < -0.39 is 22.6 Å². The van der Waals surface area contributed by atoms with Gasteiger partial charge in [-0.15, -0.1) is 0 Å². The van der Waals surface area contributed by atoms with E-state index >= 15 is 4.39 Å². The standard InChI is InChI=1S/C27H26F2N4O2/c1-26(2,10-11-30)24-20(15-8-9-27(3,13-15)25(34)35)21-19(12-16-14-31-32-23(16)22(21)29)33(24)18-6-4-17(28)5-7-18/h4-7,12,14-15H,8-10,13H2,1-3H3,(H,31,32)(H,34,35)/t15-,27-/m1/s1. The van der Waals surface area contributed by atoms with Crippen LogP contribution in [-0.2, 0) is 10.2 Å².